The number of methoxy groups -OCH3 is 1. The zero-order chi connectivity index (χ0) is 20.5. The van der Waals surface area contributed by atoms with Crippen LogP contribution in [0.25, 0.3) is 0 Å². The van der Waals surface area contributed by atoms with E-state index in [-0.39, 0.29) is 24.0 Å². The second kappa shape index (κ2) is 12.8. The average molecular weight is 534 g/mol. The van der Waals surface area contributed by atoms with Crippen molar-refractivity contribution in [2.45, 2.75) is 78.0 Å². The first-order chi connectivity index (χ1) is 14.2. The fourth-order valence-corrected chi connectivity index (χ4v) is 4.47. The Hall–Kier alpha value is -0.940. The molecule has 0 amide bonds. The summed E-state index contributed by atoms with van der Waals surface area (Å²) < 4.78 is 12.8. The van der Waals surface area contributed by atoms with E-state index in [1.54, 1.807) is 7.11 Å². The summed E-state index contributed by atoms with van der Waals surface area (Å²) >= 11 is 0. The lowest BCUT2D eigenvalue weighted by atomic mass is 9.83. The Morgan fingerprint density at radius 1 is 1.30 bits per heavy atom. The highest BCUT2D eigenvalue weighted by molar-refractivity contribution is 14.0. The lowest BCUT2D eigenvalue weighted by Crippen LogP contribution is -2.47. The number of hydrogen-bond donors (Lipinski definition) is 2. The molecule has 0 radical (unpaired) electrons. The van der Waals surface area contributed by atoms with Gasteiger partial charge in [-0.2, -0.15) is 5.10 Å². The second-order valence-corrected chi connectivity index (χ2v) is 8.29. The molecule has 2 aliphatic rings. The normalized spacial score (nSPS) is 20.5. The van der Waals surface area contributed by atoms with E-state index in [1.165, 1.54) is 25.7 Å². The molecule has 8 nitrogen and oxygen atoms in total. The predicted molar refractivity (Wildman–Crippen MR) is 129 cm³/mol. The number of nitrogens with zero attached hydrogens (tertiary/aromatic N) is 4. The monoisotopic (exact) mass is 534 g/mol. The van der Waals surface area contributed by atoms with Gasteiger partial charge in [-0.1, -0.05) is 12.8 Å². The van der Waals surface area contributed by atoms with Crippen LogP contribution in [0.5, 0.6) is 0 Å². The van der Waals surface area contributed by atoms with E-state index in [0.717, 1.165) is 69.7 Å². The molecule has 2 N–H and O–H groups in total. The fraction of sp³-hybridized carbons (Fsp3) is 0.857. The van der Waals surface area contributed by atoms with E-state index in [4.69, 9.17) is 14.5 Å². The molecule has 0 spiro atoms. The van der Waals surface area contributed by atoms with Gasteiger partial charge >= 0.3 is 0 Å². The molecule has 1 aromatic heterocycles. The molecule has 1 unspecified atom stereocenters. The van der Waals surface area contributed by atoms with Gasteiger partial charge in [-0.25, -0.2) is 9.67 Å². The van der Waals surface area contributed by atoms with E-state index in [9.17, 15) is 0 Å². The number of hydrogen-bond acceptors (Lipinski definition) is 5. The second-order valence-electron chi connectivity index (χ2n) is 8.29. The first-order valence-corrected chi connectivity index (χ1v) is 11.2. The van der Waals surface area contributed by atoms with Crippen molar-refractivity contribution in [3.63, 3.8) is 0 Å². The van der Waals surface area contributed by atoms with Gasteiger partial charge in [-0.15, -0.1) is 24.0 Å². The zero-order valence-corrected chi connectivity index (χ0v) is 21.1. The van der Waals surface area contributed by atoms with Gasteiger partial charge in [0.25, 0.3) is 0 Å². The van der Waals surface area contributed by atoms with Gasteiger partial charge in [-0.3, -0.25) is 4.99 Å². The third-order valence-corrected chi connectivity index (χ3v) is 6.08. The Morgan fingerprint density at radius 2 is 2.10 bits per heavy atom. The summed E-state index contributed by atoms with van der Waals surface area (Å²) in [7, 11) is 1.68. The smallest absolute Gasteiger partial charge is 0.191 e. The van der Waals surface area contributed by atoms with Crippen molar-refractivity contribution in [3.05, 3.63) is 11.6 Å². The van der Waals surface area contributed by atoms with Crippen LogP contribution in [0.2, 0.25) is 0 Å². The van der Waals surface area contributed by atoms with Gasteiger partial charge in [0.05, 0.1) is 6.54 Å². The molecule has 172 valence electrons. The molecule has 0 aromatic carbocycles. The van der Waals surface area contributed by atoms with Crippen LogP contribution < -0.4 is 10.6 Å². The van der Waals surface area contributed by atoms with Crippen LogP contribution in [0.1, 0.15) is 64.0 Å². The Kier molecular flexibility index (Phi) is 10.8. The maximum absolute atomic E-state index is 5.64. The Labute approximate surface area is 198 Å². The molecule has 0 bridgehead atoms. The van der Waals surface area contributed by atoms with E-state index < -0.39 is 0 Å². The molecule has 1 fully saturated rings. The van der Waals surface area contributed by atoms with Crippen molar-refractivity contribution in [3.8, 4) is 0 Å². The quantitative estimate of drug-likeness (QED) is 0.208. The number of ether oxygens (including phenoxy) is 2. The summed E-state index contributed by atoms with van der Waals surface area (Å²) in [6.07, 6.45) is 8.21. The Balaban J connectivity index is 0.00000320. The van der Waals surface area contributed by atoms with E-state index >= 15 is 0 Å². The summed E-state index contributed by atoms with van der Waals surface area (Å²) in [6.45, 7) is 8.82. The van der Waals surface area contributed by atoms with Crippen LogP contribution in [0.3, 0.4) is 0 Å². The third-order valence-electron chi connectivity index (χ3n) is 6.08. The molecule has 1 aliphatic carbocycles. The molecule has 1 aliphatic heterocycles. The van der Waals surface area contributed by atoms with Gasteiger partial charge in [0.2, 0.25) is 0 Å². The van der Waals surface area contributed by atoms with Crippen molar-refractivity contribution >= 4 is 29.9 Å². The lowest BCUT2D eigenvalue weighted by Gasteiger charge is -2.29. The molecule has 9 heteroatoms. The summed E-state index contributed by atoms with van der Waals surface area (Å²) in [6, 6.07) is 0.306. The van der Waals surface area contributed by atoms with Gasteiger partial charge in [0.15, 0.2) is 11.8 Å². The summed E-state index contributed by atoms with van der Waals surface area (Å²) in [5, 5.41) is 11.6. The molecule has 3 rings (SSSR count). The number of halogens is 1. The van der Waals surface area contributed by atoms with Crippen molar-refractivity contribution in [1.29, 1.82) is 0 Å². The molecule has 1 atom stereocenters. The van der Waals surface area contributed by atoms with E-state index in [2.05, 4.69) is 34.6 Å². The minimum Gasteiger partial charge on any atom is -0.382 e. The molecule has 0 saturated heterocycles. The van der Waals surface area contributed by atoms with Gasteiger partial charge in [0, 0.05) is 45.9 Å². The van der Waals surface area contributed by atoms with Gasteiger partial charge < -0.3 is 20.1 Å². The van der Waals surface area contributed by atoms with E-state index in [1.807, 2.05) is 4.68 Å². The molecule has 1 saturated carbocycles. The van der Waals surface area contributed by atoms with Crippen LogP contribution in [0.4, 0.5) is 0 Å². The summed E-state index contributed by atoms with van der Waals surface area (Å²) in [5.41, 5.74) is 0.304. The predicted octanol–water partition coefficient (Wildman–Crippen LogP) is 2.90. The number of aromatic nitrogens is 3. The maximum atomic E-state index is 5.64. The van der Waals surface area contributed by atoms with Crippen molar-refractivity contribution in [2.75, 3.05) is 33.4 Å². The number of guanidine groups is 1. The third kappa shape index (κ3) is 7.05. The first kappa shape index (κ1) is 25.3. The lowest BCUT2D eigenvalue weighted by molar-refractivity contribution is 0.107. The van der Waals surface area contributed by atoms with Crippen molar-refractivity contribution < 1.29 is 9.47 Å². The van der Waals surface area contributed by atoms with Gasteiger partial charge in [-0.05, 0) is 44.9 Å². The number of nitrogens with one attached hydrogen (secondary N) is 2. The SMILES string of the molecule is CCNC(=NCC1(CCOCC)CCCC1)NC1CCc2nc(COC)nn2C1.I. The topological polar surface area (TPSA) is 85.6 Å². The van der Waals surface area contributed by atoms with Crippen molar-refractivity contribution in [1.82, 2.24) is 25.4 Å². The van der Waals surface area contributed by atoms with Crippen LogP contribution in [-0.2, 0) is 29.0 Å². The van der Waals surface area contributed by atoms with Gasteiger partial charge in [0.1, 0.15) is 12.4 Å². The summed E-state index contributed by atoms with van der Waals surface area (Å²) in [5.74, 6) is 2.74. The highest BCUT2D eigenvalue weighted by atomic mass is 127. The Morgan fingerprint density at radius 3 is 2.80 bits per heavy atom. The number of rotatable bonds is 10. The number of aliphatic imine (C=N–C) groups is 1. The van der Waals surface area contributed by atoms with Crippen LogP contribution in [0, 0.1) is 5.41 Å². The first-order valence-electron chi connectivity index (χ1n) is 11.2. The average Bonchev–Trinajstić information content (AvgIpc) is 3.34. The fourth-order valence-electron chi connectivity index (χ4n) is 4.47. The molecular formula is C21H39IN6O2. The Bertz CT molecular complexity index is 660. The highest BCUT2D eigenvalue weighted by Gasteiger charge is 2.33. The number of aryl methyl sites for hydroxylation is 1. The highest BCUT2D eigenvalue weighted by Crippen LogP contribution is 2.41. The molecule has 2 heterocycles. The molecule has 1 aromatic rings. The standard InChI is InChI=1S/C21H38N6O2.HI/c1-4-22-20(23-16-21(10-6-7-11-21)12-13-29-5-2)24-17-8-9-19-25-18(15-28-3)26-27(19)14-17;/h17H,4-16H2,1-3H3,(H2,22,23,24);1H. The minimum atomic E-state index is 0. The van der Waals surface area contributed by atoms with Crippen LogP contribution in [0.15, 0.2) is 4.99 Å². The number of fused-ring (bicyclic) bond motifs is 1. The molecule has 30 heavy (non-hydrogen) atoms. The molecular weight excluding hydrogens is 495 g/mol. The zero-order valence-electron chi connectivity index (χ0n) is 18.8. The minimum absolute atomic E-state index is 0. The summed E-state index contributed by atoms with van der Waals surface area (Å²) in [4.78, 5) is 9.57. The van der Waals surface area contributed by atoms with E-state index in [0.29, 0.717) is 18.1 Å². The maximum Gasteiger partial charge on any atom is 0.191 e. The van der Waals surface area contributed by atoms with Crippen molar-refractivity contribution in [2.24, 2.45) is 10.4 Å². The van der Waals surface area contributed by atoms with Crippen LogP contribution >= 0.6 is 24.0 Å². The van der Waals surface area contributed by atoms with Crippen LogP contribution in [-0.4, -0.2) is 60.2 Å². The largest absolute Gasteiger partial charge is 0.382 e.